The van der Waals surface area contributed by atoms with Crippen LogP contribution >= 0.6 is 15.6 Å². The highest BCUT2D eigenvalue weighted by molar-refractivity contribution is 7.47. The fourth-order valence-electron chi connectivity index (χ4n) is 12.8. The minimum absolute atomic E-state index is 0.104. The zero-order valence-corrected chi connectivity index (χ0v) is 69.0. The Hall–Kier alpha value is -1.94. The van der Waals surface area contributed by atoms with Crippen LogP contribution in [0.2, 0.25) is 0 Å². The van der Waals surface area contributed by atoms with Gasteiger partial charge in [-0.1, -0.05) is 376 Å². The maximum Gasteiger partial charge on any atom is 0.472 e. The molecule has 0 aromatic heterocycles. The van der Waals surface area contributed by atoms with Crippen LogP contribution in [0.4, 0.5) is 0 Å². The van der Waals surface area contributed by atoms with E-state index in [-0.39, 0.29) is 25.7 Å². The van der Waals surface area contributed by atoms with Crippen molar-refractivity contribution < 1.29 is 80.2 Å². The molecule has 0 rings (SSSR count). The van der Waals surface area contributed by atoms with E-state index in [0.29, 0.717) is 31.6 Å². The summed E-state index contributed by atoms with van der Waals surface area (Å²) in [4.78, 5) is 73.0. The normalized spacial score (nSPS) is 14.3. The Labute approximate surface area is 626 Å². The Kier molecular flexibility index (Phi) is 70.6. The minimum atomic E-state index is -4.96. The van der Waals surface area contributed by atoms with E-state index in [1.165, 1.54) is 225 Å². The lowest BCUT2D eigenvalue weighted by Gasteiger charge is -2.21. The molecule has 17 nitrogen and oxygen atoms in total. The van der Waals surface area contributed by atoms with Gasteiger partial charge < -0.3 is 33.8 Å². The molecule has 6 atom stereocenters. The summed E-state index contributed by atoms with van der Waals surface area (Å²) in [6.45, 7) is 14.3. The number of hydrogen-bond donors (Lipinski definition) is 3. The molecule has 0 aliphatic carbocycles. The summed E-state index contributed by atoms with van der Waals surface area (Å²) in [7, 11) is -9.92. The molecule has 0 bridgehead atoms. The number of esters is 4. The molecule has 0 amide bonds. The van der Waals surface area contributed by atoms with Crippen LogP contribution in [-0.4, -0.2) is 96.7 Å². The van der Waals surface area contributed by atoms with Crippen molar-refractivity contribution in [1.82, 2.24) is 0 Å². The minimum Gasteiger partial charge on any atom is -0.462 e. The van der Waals surface area contributed by atoms with Crippen molar-refractivity contribution in [3.05, 3.63) is 0 Å². The average Bonchev–Trinajstić information content (AvgIpc) is 0.911. The maximum atomic E-state index is 13.1. The van der Waals surface area contributed by atoms with Crippen LogP contribution in [0.15, 0.2) is 0 Å². The van der Waals surface area contributed by atoms with Crippen LogP contribution in [0, 0.1) is 23.7 Å². The zero-order valence-electron chi connectivity index (χ0n) is 67.2. The summed E-state index contributed by atoms with van der Waals surface area (Å²) in [6, 6.07) is 0. The van der Waals surface area contributed by atoms with Crippen molar-refractivity contribution in [2.75, 3.05) is 39.6 Å². The highest BCUT2D eigenvalue weighted by atomic mass is 31.2. The highest BCUT2D eigenvalue weighted by Crippen LogP contribution is 2.45. The van der Waals surface area contributed by atoms with Crippen molar-refractivity contribution in [2.24, 2.45) is 23.7 Å². The van der Waals surface area contributed by atoms with E-state index in [2.05, 4.69) is 55.4 Å². The van der Waals surface area contributed by atoms with Gasteiger partial charge in [-0.2, -0.15) is 0 Å². The first-order chi connectivity index (χ1) is 49.1. The monoisotopic (exact) mass is 1490 g/mol. The van der Waals surface area contributed by atoms with Crippen LogP contribution in [0.1, 0.15) is 428 Å². The standard InChI is InChI=1S/C83H162O17P2/c1-9-76(8)62-54-46-38-30-24-20-16-12-10-11-13-17-22-26-32-40-49-57-65-82(87)99-78(69-93-80(85)63-55-47-39-31-25-21-18-14-15-19-23-28-35-43-51-59-73(2)3)71-97-101(89,90)95-67-77(84)68-96-102(91,92)98-72-79(70-94-81(86)64-56-48-42-34-37-45-53-61-75(6)7)100-83(88)66-58-50-41-33-27-29-36-44-52-60-74(4)5/h73-79,84H,9-72H2,1-8H3,(H,89,90)(H,91,92)/t76?,77?,78-,79-/m1/s1. The molecule has 19 heteroatoms. The molecule has 0 aliphatic rings. The van der Waals surface area contributed by atoms with Crippen LogP contribution in [0.5, 0.6) is 0 Å². The second kappa shape index (κ2) is 72.0. The lowest BCUT2D eigenvalue weighted by atomic mass is 9.99. The number of carbonyl (C=O) groups excluding carboxylic acids is 4. The summed E-state index contributed by atoms with van der Waals surface area (Å²) in [6.07, 6.45) is 59.9. The molecule has 0 heterocycles. The molecule has 0 saturated heterocycles. The van der Waals surface area contributed by atoms with Gasteiger partial charge in [0.25, 0.3) is 0 Å². The van der Waals surface area contributed by atoms with Gasteiger partial charge in [-0.3, -0.25) is 37.3 Å². The van der Waals surface area contributed by atoms with Gasteiger partial charge in [0, 0.05) is 25.7 Å². The van der Waals surface area contributed by atoms with E-state index in [1.807, 2.05) is 0 Å². The van der Waals surface area contributed by atoms with E-state index in [1.54, 1.807) is 0 Å². The molecule has 0 aliphatic heterocycles. The zero-order chi connectivity index (χ0) is 75.3. The molecule has 606 valence electrons. The van der Waals surface area contributed by atoms with Crippen LogP contribution in [0.3, 0.4) is 0 Å². The van der Waals surface area contributed by atoms with E-state index in [9.17, 15) is 43.2 Å². The van der Waals surface area contributed by atoms with Crippen molar-refractivity contribution in [1.29, 1.82) is 0 Å². The first-order valence-corrected chi connectivity index (χ1v) is 45.7. The third-order valence-corrected chi connectivity index (χ3v) is 21.6. The fraction of sp³-hybridized carbons (Fsp3) is 0.952. The largest absolute Gasteiger partial charge is 0.472 e. The van der Waals surface area contributed by atoms with Crippen molar-refractivity contribution in [3.8, 4) is 0 Å². The van der Waals surface area contributed by atoms with Gasteiger partial charge in [-0.15, -0.1) is 0 Å². The number of rotatable bonds is 80. The van der Waals surface area contributed by atoms with E-state index in [0.717, 1.165) is 114 Å². The predicted molar refractivity (Wildman–Crippen MR) is 418 cm³/mol. The molecule has 4 unspecified atom stereocenters. The molecule has 0 radical (unpaired) electrons. The molecule has 0 saturated carbocycles. The third-order valence-electron chi connectivity index (χ3n) is 19.7. The third kappa shape index (κ3) is 74.9. The van der Waals surface area contributed by atoms with Crippen LogP contribution < -0.4 is 0 Å². The number of ether oxygens (including phenoxy) is 4. The highest BCUT2D eigenvalue weighted by Gasteiger charge is 2.30. The topological polar surface area (TPSA) is 237 Å². The number of unbranched alkanes of at least 4 members (excludes halogenated alkanes) is 45. The Balaban J connectivity index is 5.21. The Bertz CT molecular complexity index is 1990. The van der Waals surface area contributed by atoms with Crippen molar-refractivity contribution >= 4 is 39.5 Å². The summed E-state index contributed by atoms with van der Waals surface area (Å²) >= 11 is 0. The predicted octanol–water partition coefficient (Wildman–Crippen LogP) is 24.8. The summed E-state index contributed by atoms with van der Waals surface area (Å²) in [5.74, 6) is 1.00. The average molecular weight is 1490 g/mol. The molecule has 0 aromatic carbocycles. The second-order valence-electron chi connectivity index (χ2n) is 31.5. The Morgan fingerprint density at radius 2 is 0.471 bits per heavy atom. The number of phosphoric ester groups is 2. The summed E-state index contributed by atoms with van der Waals surface area (Å²) in [5.41, 5.74) is 0. The van der Waals surface area contributed by atoms with Gasteiger partial charge in [0.05, 0.1) is 26.4 Å². The molecular weight excluding hydrogens is 1330 g/mol. The van der Waals surface area contributed by atoms with Gasteiger partial charge in [0.2, 0.25) is 0 Å². The first kappa shape index (κ1) is 100. The number of aliphatic hydroxyl groups is 1. The maximum absolute atomic E-state index is 13.1. The number of aliphatic hydroxyl groups excluding tert-OH is 1. The fourth-order valence-corrected chi connectivity index (χ4v) is 14.3. The molecule has 0 spiro atoms. The molecule has 3 N–H and O–H groups in total. The molecule has 0 aromatic rings. The van der Waals surface area contributed by atoms with Gasteiger partial charge in [-0.25, -0.2) is 9.13 Å². The quantitative estimate of drug-likeness (QED) is 0.0222. The molecule has 102 heavy (non-hydrogen) atoms. The van der Waals surface area contributed by atoms with Gasteiger partial charge in [-0.05, 0) is 49.4 Å². The number of hydrogen-bond acceptors (Lipinski definition) is 15. The van der Waals surface area contributed by atoms with E-state index < -0.39 is 97.5 Å². The summed E-state index contributed by atoms with van der Waals surface area (Å²) in [5, 5.41) is 10.6. The lowest BCUT2D eigenvalue weighted by Crippen LogP contribution is -2.30. The van der Waals surface area contributed by atoms with Crippen molar-refractivity contribution in [2.45, 2.75) is 446 Å². The number of phosphoric acid groups is 2. The van der Waals surface area contributed by atoms with Crippen LogP contribution in [0.25, 0.3) is 0 Å². The van der Waals surface area contributed by atoms with E-state index in [4.69, 9.17) is 37.0 Å². The van der Waals surface area contributed by atoms with Gasteiger partial charge >= 0.3 is 39.5 Å². The smallest absolute Gasteiger partial charge is 0.462 e. The Morgan fingerprint density at radius 1 is 0.275 bits per heavy atom. The van der Waals surface area contributed by atoms with Gasteiger partial charge in [0.15, 0.2) is 12.2 Å². The first-order valence-electron chi connectivity index (χ1n) is 42.7. The summed E-state index contributed by atoms with van der Waals surface area (Å²) < 4.78 is 68.7. The van der Waals surface area contributed by atoms with Crippen LogP contribution in [-0.2, 0) is 65.4 Å². The number of carbonyl (C=O) groups is 4. The molecule has 0 fully saturated rings. The van der Waals surface area contributed by atoms with Gasteiger partial charge in [0.1, 0.15) is 19.3 Å². The Morgan fingerprint density at radius 3 is 0.696 bits per heavy atom. The lowest BCUT2D eigenvalue weighted by molar-refractivity contribution is -0.161. The second-order valence-corrected chi connectivity index (χ2v) is 34.4. The SMILES string of the molecule is CCC(C)CCCCCCCCCCCCCCCCCCCCC(=O)O[C@H](COC(=O)CCCCCCCCCCCCCCCCCC(C)C)COP(=O)(O)OCC(O)COP(=O)(O)OC[C@@H](COC(=O)CCCCCCCCCC(C)C)OC(=O)CCCCCCCCCCCC(C)C. The molecular formula is C83H162O17P2. The van der Waals surface area contributed by atoms with E-state index >= 15 is 0 Å². The van der Waals surface area contributed by atoms with Crippen molar-refractivity contribution in [3.63, 3.8) is 0 Å².